The number of aryl methyl sites for hydroxylation is 1. The van der Waals surface area contributed by atoms with Gasteiger partial charge < -0.3 is 5.32 Å². The number of anilines is 1. The van der Waals surface area contributed by atoms with Gasteiger partial charge in [0.1, 0.15) is 4.90 Å². The zero-order valence-electron chi connectivity index (χ0n) is 18.7. The van der Waals surface area contributed by atoms with Gasteiger partial charge in [-0.1, -0.05) is 58.9 Å². The lowest BCUT2D eigenvalue weighted by atomic mass is 10.2. The highest BCUT2D eigenvalue weighted by molar-refractivity contribution is 7.89. The second-order valence-corrected chi connectivity index (χ2v) is 11.8. The predicted molar refractivity (Wildman–Crippen MR) is 140 cm³/mol. The lowest BCUT2D eigenvalue weighted by Gasteiger charge is -2.26. The van der Waals surface area contributed by atoms with Crippen molar-refractivity contribution in [1.82, 2.24) is 14.1 Å². The SMILES string of the molecule is Cc1cc(NC(=O)c2cc(S(=O)(=O)N3CCCCC3)c(Cl)cc2Cl)nn1Cc1ccc(Cl)cc1Cl. The number of sulfonamides is 1. The molecule has 12 heteroatoms. The number of amides is 1. The second-order valence-electron chi connectivity index (χ2n) is 8.25. The molecular weight excluding hydrogens is 554 g/mol. The Morgan fingerprint density at radius 1 is 0.971 bits per heavy atom. The molecule has 0 atom stereocenters. The van der Waals surface area contributed by atoms with Crippen molar-refractivity contribution in [3.05, 3.63) is 73.3 Å². The van der Waals surface area contributed by atoms with E-state index >= 15 is 0 Å². The summed E-state index contributed by atoms with van der Waals surface area (Å²) in [5, 5.41) is 8.16. The van der Waals surface area contributed by atoms with Gasteiger partial charge in [0, 0.05) is 34.9 Å². The maximum Gasteiger partial charge on any atom is 0.258 e. The van der Waals surface area contributed by atoms with E-state index in [-0.39, 0.29) is 26.3 Å². The molecule has 186 valence electrons. The average Bonchev–Trinajstić information content (AvgIpc) is 3.14. The Balaban J connectivity index is 1.57. The summed E-state index contributed by atoms with van der Waals surface area (Å²) >= 11 is 24.7. The molecule has 1 amide bonds. The Morgan fingerprint density at radius 2 is 1.69 bits per heavy atom. The zero-order chi connectivity index (χ0) is 25.3. The molecule has 0 spiro atoms. The molecule has 1 saturated heterocycles. The van der Waals surface area contributed by atoms with E-state index in [4.69, 9.17) is 46.4 Å². The van der Waals surface area contributed by atoms with Crippen LogP contribution in [0.2, 0.25) is 20.1 Å². The summed E-state index contributed by atoms with van der Waals surface area (Å²) in [4.78, 5) is 12.9. The molecule has 1 aliphatic heterocycles. The fraction of sp³-hybridized carbons (Fsp3) is 0.304. The molecule has 35 heavy (non-hydrogen) atoms. The van der Waals surface area contributed by atoms with Gasteiger partial charge >= 0.3 is 0 Å². The Labute approximate surface area is 224 Å². The highest BCUT2D eigenvalue weighted by Crippen LogP contribution is 2.32. The van der Waals surface area contributed by atoms with Crippen LogP contribution in [0.3, 0.4) is 0 Å². The van der Waals surface area contributed by atoms with Crippen molar-refractivity contribution in [1.29, 1.82) is 0 Å². The van der Waals surface area contributed by atoms with Crippen LogP contribution in [0, 0.1) is 6.92 Å². The number of halogens is 4. The average molecular weight is 576 g/mol. The summed E-state index contributed by atoms with van der Waals surface area (Å²) in [6.45, 7) is 3.04. The molecule has 2 aromatic carbocycles. The molecule has 1 aliphatic rings. The van der Waals surface area contributed by atoms with Crippen molar-refractivity contribution in [2.24, 2.45) is 0 Å². The molecule has 0 saturated carbocycles. The Hall–Kier alpha value is -1.81. The van der Waals surface area contributed by atoms with Gasteiger partial charge in [-0.2, -0.15) is 9.40 Å². The van der Waals surface area contributed by atoms with Crippen LogP contribution < -0.4 is 5.32 Å². The van der Waals surface area contributed by atoms with E-state index in [9.17, 15) is 13.2 Å². The lowest BCUT2D eigenvalue weighted by Crippen LogP contribution is -2.35. The van der Waals surface area contributed by atoms with Gasteiger partial charge in [0.25, 0.3) is 5.91 Å². The summed E-state index contributed by atoms with van der Waals surface area (Å²) in [6.07, 6.45) is 2.53. The Bertz CT molecular complexity index is 1390. The summed E-state index contributed by atoms with van der Waals surface area (Å²) in [7, 11) is -3.86. The first-order valence-corrected chi connectivity index (χ1v) is 13.8. The third-order valence-electron chi connectivity index (χ3n) is 5.76. The topological polar surface area (TPSA) is 84.3 Å². The van der Waals surface area contributed by atoms with Gasteiger partial charge in [0.15, 0.2) is 5.82 Å². The van der Waals surface area contributed by atoms with Crippen LogP contribution >= 0.6 is 46.4 Å². The van der Waals surface area contributed by atoms with Crippen LogP contribution in [0.1, 0.15) is 40.9 Å². The molecule has 7 nitrogen and oxygen atoms in total. The van der Waals surface area contributed by atoms with Gasteiger partial charge in [-0.3, -0.25) is 9.48 Å². The number of nitrogens with one attached hydrogen (secondary N) is 1. The predicted octanol–water partition coefficient (Wildman–Crippen LogP) is 6.28. The van der Waals surface area contributed by atoms with E-state index in [2.05, 4.69) is 10.4 Å². The number of aromatic nitrogens is 2. The van der Waals surface area contributed by atoms with E-state index in [1.54, 1.807) is 22.9 Å². The van der Waals surface area contributed by atoms with E-state index in [0.29, 0.717) is 29.7 Å². The third kappa shape index (κ3) is 5.79. The van der Waals surface area contributed by atoms with E-state index in [1.807, 2.05) is 13.0 Å². The number of carbonyl (C=O) groups is 1. The molecule has 0 unspecified atom stereocenters. The quantitative estimate of drug-likeness (QED) is 0.375. The molecule has 1 aromatic heterocycles. The van der Waals surface area contributed by atoms with Gasteiger partial charge in [0.2, 0.25) is 10.0 Å². The first-order chi connectivity index (χ1) is 16.6. The van der Waals surface area contributed by atoms with Gasteiger partial charge in [-0.05, 0) is 49.6 Å². The number of rotatable bonds is 6. The minimum absolute atomic E-state index is 0.0143. The van der Waals surface area contributed by atoms with Crippen molar-refractivity contribution < 1.29 is 13.2 Å². The molecule has 1 N–H and O–H groups in total. The minimum Gasteiger partial charge on any atom is -0.305 e. The maximum absolute atomic E-state index is 13.2. The van der Waals surface area contributed by atoms with Crippen LogP contribution in [0.25, 0.3) is 0 Å². The third-order valence-corrected chi connectivity index (χ3v) is 9.02. The smallest absolute Gasteiger partial charge is 0.258 e. The fourth-order valence-corrected chi connectivity index (χ4v) is 6.69. The van der Waals surface area contributed by atoms with Crippen molar-refractivity contribution in [3.8, 4) is 0 Å². The molecule has 1 fully saturated rings. The van der Waals surface area contributed by atoms with Crippen molar-refractivity contribution in [3.63, 3.8) is 0 Å². The standard InChI is InChI=1S/C23H22Cl4N4O3S/c1-14-9-22(29-31(14)13-15-5-6-16(24)10-18(15)25)28-23(32)17-11-21(20(27)12-19(17)26)35(33,34)30-7-3-2-4-8-30/h5-6,9-12H,2-4,7-8,13H2,1H3,(H,28,29,32). The monoisotopic (exact) mass is 574 g/mol. The van der Waals surface area contributed by atoms with Crippen LogP contribution in [0.15, 0.2) is 41.3 Å². The number of carbonyl (C=O) groups excluding carboxylic acids is 1. The first-order valence-electron chi connectivity index (χ1n) is 10.8. The van der Waals surface area contributed by atoms with Crippen molar-refractivity contribution >= 4 is 68.2 Å². The zero-order valence-corrected chi connectivity index (χ0v) is 22.5. The van der Waals surface area contributed by atoms with Gasteiger partial charge in [-0.15, -0.1) is 0 Å². The number of hydrogen-bond donors (Lipinski definition) is 1. The Kier molecular flexibility index (Phi) is 8.00. The highest BCUT2D eigenvalue weighted by atomic mass is 35.5. The van der Waals surface area contributed by atoms with Crippen LogP contribution in [-0.4, -0.2) is 41.5 Å². The second kappa shape index (κ2) is 10.7. The molecule has 0 aliphatic carbocycles. The van der Waals surface area contributed by atoms with Crippen molar-refractivity contribution in [2.75, 3.05) is 18.4 Å². The molecular formula is C23H22Cl4N4O3S. The summed E-state index contributed by atoms with van der Waals surface area (Å²) in [5.41, 5.74) is 1.58. The number of piperidine rings is 1. The Morgan fingerprint density at radius 3 is 2.37 bits per heavy atom. The summed E-state index contributed by atoms with van der Waals surface area (Å²) in [6, 6.07) is 9.39. The maximum atomic E-state index is 13.2. The van der Waals surface area contributed by atoms with Crippen LogP contribution in [0.4, 0.5) is 5.82 Å². The van der Waals surface area contributed by atoms with Gasteiger partial charge in [-0.25, -0.2) is 8.42 Å². The molecule has 0 bridgehead atoms. The highest BCUT2D eigenvalue weighted by Gasteiger charge is 2.30. The number of hydrogen-bond acceptors (Lipinski definition) is 4. The fourth-order valence-electron chi connectivity index (χ4n) is 3.87. The van der Waals surface area contributed by atoms with E-state index in [0.717, 1.165) is 30.5 Å². The molecule has 3 aromatic rings. The van der Waals surface area contributed by atoms with E-state index < -0.39 is 15.9 Å². The van der Waals surface area contributed by atoms with Crippen LogP contribution in [0.5, 0.6) is 0 Å². The summed E-state index contributed by atoms with van der Waals surface area (Å²) in [5.74, 6) is -0.319. The van der Waals surface area contributed by atoms with E-state index in [1.165, 1.54) is 16.4 Å². The van der Waals surface area contributed by atoms with Crippen molar-refractivity contribution in [2.45, 2.75) is 37.6 Å². The minimum atomic E-state index is -3.86. The van der Waals surface area contributed by atoms with Gasteiger partial charge in [0.05, 0.1) is 22.2 Å². The van der Waals surface area contributed by atoms with Crippen LogP contribution in [-0.2, 0) is 16.6 Å². The molecule has 4 rings (SSSR count). The lowest BCUT2D eigenvalue weighted by molar-refractivity contribution is 0.102. The number of nitrogens with zero attached hydrogens (tertiary/aromatic N) is 3. The normalized spacial score (nSPS) is 14.8. The first kappa shape index (κ1) is 26.3. The largest absolute Gasteiger partial charge is 0.305 e. The molecule has 0 radical (unpaired) electrons. The summed E-state index contributed by atoms with van der Waals surface area (Å²) < 4.78 is 29.4. The molecule has 2 heterocycles. The number of benzene rings is 2.